The molecule has 1 rings (SSSR count). The quantitative estimate of drug-likeness (QED) is 0.641. The van der Waals surface area contributed by atoms with Gasteiger partial charge in [0.15, 0.2) is 0 Å². The van der Waals surface area contributed by atoms with Crippen LogP contribution < -0.4 is 0 Å². The van der Waals surface area contributed by atoms with Crippen molar-refractivity contribution in [2.45, 2.75) is 6.04 Å². The molecule has 1 saturated heterocycles. The Morgan fingerprint density at radius 2 is 2.23 bits per heavy atom. The molecule has 0 radical (unpaired) electrons. The summed E-state index contributed by atoms with van der Waals surface area (Å²) in [6, 6.07) is -0.533. The lowest BCUT2D eigenvalue weighted by molar-refractivity contribution is -0.147. The van der Waals surface area contributed by atoms with Gasteiger partial charge in [0.05, 0.1) is 19.8 Å². The highest BCUT2D eigenvalue weighted by molar-refractivity contribution is 5.73. The van der Waals surface area contributed by atoms with Crippen molar-refractivity contribution in [3.8, 4) is 0 Å². The minimum Gasteiger partial charge on any atom is -0.480 e. The first-order chi connectivity index (χ1) is 6.25. The number of aliphatic carboxylic acids is 1. The van der Waals surface area contributed by atoms with Crippen molar-refractivity contribution in [2.75, 3.05) is 40.0 Å². The first-order valence-corrected chi connectivity index (χ1v) is 4.29. The minimum absolute atomic E-state index is 0.231. The van der Waals surface area contributed by atoms with Gasteiger partial charge in [-0.05, 0) is 0 Å². The van der Waals surface area contributed by atoms with Crippen LogP contribution in [0.1, 0.15) is 0 Å². The van der Waals surface area contributed by atoms with Crippen LogP contribution in [-0.4, -0.2) is 62.0 Å². The SMILES string of the molecule is COCC(C(=O)O)N1CCOCC1. The third-order valence-electron chi connectivity index (χ3n) is 2.10. The molecule has 0 saturated carbocycles. The number of carboxylic acid groups (broad SMARTS) is 1. The largest absolute Gasteiger partial charge is 0.480 e. The van der Waals surface area contributed by atoms with E-state index in [9.17, 15) is 4.79 Å². The second-order valence-corrected chi connectivity index (χ2v) is 2.96. The Hall–Kier alpha value is -0.650. The first kappa shape index (κ1) is 10.4. The third-order valence-corrected chi connectivity index (χ3v) is 2.10. The van der Waals surface area contributed by atoms with Gasteiger partial charge >= 0.3 is 5.97 Å². The molecule has 5 nitrogen and oxygen atoms in total. The highest BCUT2D eigenvalue weighted by Gasteiger charge is 2.26. The number of rotatable bonds is 4. The van der Waals surface area contributed by atoms with Crippen molar-refractivity contribution in [1.82, 2.24) is 4.90 Å². The van der Waals surface area contributed by atoms with Crippen LogP contribution in [0, 0.1) is 0 Å². The van der Waals surface area contributed by atoms with Gasteiger partial charge in [0, 0.05) is 20.2 Å². The fourth-order valence-electron chi connectivity index (χ4n) is 1.38. The summed E-state index contributed by atoms with van der Waals surface area (Å²) in [6.07, 6.45) is 0. The highest BCUT2D eigenvalue weighted by atomic mass is 16.5. The molecule has 0 aromatic carbocycles. The second-order valence-electron chi connectivity index (χ2n) is 2.96. The van der Waals surface area contributed by atoms with E-state index in [-0.39, 0.29) is 6.61 Å². The Morgan fingerprint density at radius 1 is 1.62 bits per heavy atom. The summed E-state index contributed by atoms with van der Waals surface area (Å²) in [7, 11) is 1.51. The molecule has 0 aromatic heterocycles. The van der Waals surface area contributed by atoms with Crippen LogP contribution in [-0.2, 0) is 14.3 Å². The van der Waals surface area contributed by atoms with Gasteiger partial charge in [-0.15, -0.1) is 0 Å². The second kappa shape index (κ2) is 5.16. The summed E-state index contributed by atoms with van der Waals surface area (Å²) in [5.41, 5.74) is 0. The molecule has 1 N–H and O–H groups in total. The third kappa shape index (κ3) is 2.95. The highest BCUT2D eigenvalue weighted by Crippen LogP contribution is 2.04. The van der Waals surface area contributed by atoms with Crippen LogP contribution in [0.5, 0.6) is 0 Å². The summed E-state index contributed by atoms with van der Waals surface area (Å²) in [6.45, 7) is 2.77. The van der Waals surface area contributed by atoms with Gasteiger partial charge in [-0.2, -0.15) is 0 Å². The lowest BCUT2D eigenvalue weighted by Crippen LogP contribution is -2.49. The van der Waals surface area contributed by atoms with Crippen molar-refractivity contribution in [1.29, 1.82) is 0 Å². The van der Waals surface area contributed by atoms with Crippen LogP contribution >= 0.6 is 0 Å². The molecule has 1 fully saturated rings. The van der Waals surface area contributed by atoms with Gasteiger partial charge in [-0.3, -0.25) is 9.69 Å². The zero-order valence-corrected chi connectivity index (χ0v) is 7.73. The van der Waals surface area contributed by atoms with Crippen LogP contribution in [0.3, 0.4) is 0 Å². The average molecular weight is 189 g/mol. The summed E-state index contributed by atoms with van der Waals surface area (Å²) >= 11 is 0. The minimum atomic E-state index is -0.830. The Morgan fingerprint density at radius 3 is 2.69 bits per heavy atom. The Kier molecular flexibility index (Phi) is 4.14. The van der Waals surface area contributed by atoms with E-state index in [4.69, 9.17) is 14.6 Å². The summed E-state index contributed by atoms with van der Waals surface area (Å²) in [5, 5.41) is 8.89. The lowest BCUT2D eigenvalue weighted by atomic mass is 10.2. The van der Waals surface area contributed by atoms with E-state index in [0.29, 0.717) is 26.3 Å². The van der Waals surface area contributed by atoms with Crippen LogP contribution in [0.15, 0.2) is 0 Å². The van der Waals surface area contributed by atoms with E-state index in [0.717, 1.165) is 0 Å². The Balaban J connectivity index is 2.46. The predicted octanol–water partition coefficient (Wildman–Crippen LogP) is -0.582. The molecular weight excluding hydrogens is 174 g/mol. The number of hydrogen-bond donors (Lipinski definition) is 1. The van der Waals surface area contributed by atoms with Gasteiger partial charge in [-0.1, -0.05) is 0 Å². The molecule has 0 aromatic rings. The molecule has 0 amide bonds. The van der Waals surface area contributed by atoms with Gasteiger partial charge in [0.2, 0.25) is 0 Å². The van der Waals surface area contributed by atoms with E-state index in [1.54, 1.807) is 0 Å². The number of ether oxygens (including phenoxy) is 2. The topological polar surface area (TPSA) is 59.0 Å². The number of morpholine rings is 1. The molecular formula is C8H15NO4. The maximum atomic E-state index is 10.8. The van der Waals surface area contributed by atoms with Gasteiger partial charge in [0.1, 0.15) is 6.04 Å². The monoisotopic (exact) mass is 189 g/mol. The number of methoxy groups -OCH3 is 1. The Labute approximate surface area is 77.2 Å². The molecule has 13 heavy (non-hydrogen) atoms. The van der Waals surface area contributed by atoms with Gasteiger partial charge < -0.3 is 14.6 Å². The Bertz CT molecular complexity index is 168. The molecule has 1 atom stereocenters. The predicted molar refractivity (Wildman–Crippen MR) is 45.7 cm³/mol. The summed E-state index contributed by atoms with van der Waals surface area (Å²) in [5.74, 6) is -0.830. The molecule has 0 bridgehead atoms. The molecule has 0 spiro atoms. The number of carbonyl (C=O) groups is 1. The van der Waals surface area contributed by atoms with Crippen LogP contribution in [0.2, 0.25) is 0 Å². The van der Waals surface area contributed by atoms with E-state index in [1.165, 1.54) is 7.11 Å². The van der Waals surface area contributed by atoms with Crippen LogP contribution in [0.4, 0.5) is 0 Å². The van der Waals surface area contributed by atoms with E-state index < -0.39 is 12.0 Å². The lowest BCUT2D eigenvalue weighted by Gasteiger charge is -2.31. The molecule has 5 heteroatoms. The molecule has 1 aliphatic rings. The van der Waals surface area contributed by atoms with Crippen molar-refractivity contribution in [2.24, 2.45) is 0 Å². The maximum absolute atomic E-state index is 10.8. The molecule has 76 valence electrons. The zero-order valence-electron chi connectivity index (χ0n) is 7.73. The fraction of sp³-hybridized carbons (Fsp3) is 0.875. The first-order valence-electron chi connectivity index (χ1n) is 4.29. The van der Waals surface area contributed by atoms with Crippen molar-refractivity contribution in [3.63, 3.8) is 0 Å². The normalized spacial score (nSPS) is 21.3. The standard InChI is InChI=1S/C8H15NO4/c1-12-6-7(8(10)11)9-2-4-13-5-3-9/h7H,2-6H2,1H3,(H,10,11). The summed E-state index contributed by atoms with van der Waals surface area (Å²) < 4.78 is 9.99. The average Bonchev–Trinajstić information content (AvgIpc) is 2.15. The van der Waals surface area contributed by atoms with Crippen molar-refractivity contribution < 1.29 is 19.4 Å². The van der Waals surface area contributed by atoms with Gasteiger partial charge in [-0.25, -0.2) is 0 Å². The van der Waals surface area contributed by atoms with Crippen molar-refractivity contribution in [3.05, 3.63) is 0 Å². The number of carboxylic acids is 1. The van der Waals surface area contributed by atoms with Gasteiger partial charge in [0.25, 0.3) is 0 Å². The van der Waals surface area contributed by atoms with E-state index in [2.05, 4.69) is 0 Å². The molecule has 0 aliphatic carbocycles. The molecule has 1 aliphatic heterocycles. The maximum Gasteiger partial charge on any atom is 0.323 e. The number of hydrogen-bond acceptors (Lipinski definition) is 4. The zero-order chi connectivity index (χ0) is 9.68. The molecule has 1 heterocycles. The molecule has 1 unspecified atom stereocenters. The van der Waals surface area contributed by atoms with E-state index >= 15 is 0 Å². The number of nitrogens with zero attached hydrogens (tertiary/aromatic N) is 1. The fourth-order valence-corrected chi connectivity index (χ4v) is 1.38. The van der Waals surface area contributed by atoms with Crippen molar-refractivity contribution >= 4 is 5.97 Å². The van der Waals surface area contributed by atoms with E-state index in [1.807, 2.05) is 4.90 Å². The van der Waals surface area contributed by atoms with Crippen LogP contribution in [0.25, 0.3) is 0 Å². The smallest absolute Gasteiger partial charge is 0.323 e. The summed E-state index contributed by atoms with van der Waals surface area (Å²) in [4.78, 5) is 12.7.